The number of aromatic nitrogens is 2. The number of ether oxygens (including phenoxy) is 5. The van der Waals surface area contributed by atoms with Gasteiger partial charge in [-0.25, -0.2) is 0 Å². The van der Waals surface area contributed by atoms with Crippen molar-refractivity contribution in [3.05, 3.63) is 41.6 Å². The summed E-state index contributed by atoms with van der Waals surface area (Å²) >= 11 is 0. The van der Waals surface area contributed by atoms with E-state index < -0.39 is 24.1 Å². The monoisotopic (exact) mass is 427 g/mol. The Labute approximate surface area is 179 Å². The summed E-state index contributed by atoms with van der Waals surface area (Å²) in [6.45, 7) is 5.69. The minimum atomic E-state index is -0.847. The van der Waals surface area contributed by atoms with E-state index >= 15 is 0 Å². The number of rotatable bonds is 4. The first kappa shape index (κ1) is 20.0. The number of fused-ring (bicyclic) bond motifs is 2. The summed E-state index contributed by atoms with van der Waals surface area (Å²) in [4.78, 5) is 0. The Bertz CT molecular complexity index is 1020. The average molecular weight is 427 g/mol. The molecule has 0 bridgehead atoms. The van der Waals surface area contributed by atoms with Crippen LogP contribution >= 0.6 is 0 Å². The summed E-state index contributed by atoms with van der Waals surface area (Å²) in [5.41, 5.74) is 2.44. The van der Waals surface area contributed by atoms with E-state index in [1.165, 1.54) is 0 Å². The van der Waals surface area contributed by atoms with Gasteiger partial charge in [-0.2, -0.15) is 5.10 Å². The highest BCUT2D eigenvalue weighted by Gasteiger charge is 2.51. The third-order valence-corrected chi connectivity index (χ3v) is 5.61. The molecule has 9 nitrogen and oxygen atoms in total. The minimum Gasteiger partial charge on any atom is -0.493 e. The van der Waals surface area contributed by atoms with Crippen LogP contribution in [0.2, 0.25) is 0 Å². The Balaban J connectivity index is 1.58. The molecule has 0 spiro atoms. The zero-order valence-corrected chi connectivity index (χ0v) is 17.8. The predicted molar refractivity (Wildman–Crippen MR) is 111 cm³/mol. The van der Waals surface area contributed by atoms with Crippen molar-refractivity contribution in [1.29, 1.82) is 0 Å². The van der Waals surface area contributed by atoms with Crippen LogP contribution in [0.4, 0.5) is 5.82 Å². The summed E-state index contributed by atoms with van der Waals surface area (Å²) in [7, 11) is 1.58. The van der Waals surface area contributed by atoms with Crippen LogP contribution in [0.5, 0.6) is 17.2 Å². The van der Waals surface area contributed by atoms with Gasteiger partial charge in [-0.3, -0.25) is 0 Å². The summed E-state index contributed by atoms with van der Waals surface area (Å²) in [6, 6.07) is 7.12. The molecular formula is C22H25N3O6. The zero-order chi connectivity index (χ0) is 21.8. The number of methoxy groups -OCH3 is 1. The second kappa shape index (κ2) is 7.37. The normalized spacial score (nSPS) is 28.1. The van der Waals surface area contributed by atoms with Crippen molar-refractivity contribution in [1.82, 2.24) is 10.2 Å². The SMILES string of the molecule is COc1cc(C2=C[C@H](O)[C@H]3OC(C)(C)O[C@H]3[C@@H]2Nc2ccc(C)nn2)cc2c1OCO2. The van der Waals surface area contributed by atoms with E-state index in [1.807, 2.05) is 45.0 Å². The van der Waals surface area contributed by atoms with E-state index in [2.05, 4.69) is 15.5 Å². The first-order valence-corrected chi connectivity index (χ1v) is 10.1. The van der Waals surface area contributed by atoms with Gasteiger partial charge in [0, 0.05) is 0 Å². The lowest BCUT2D eigenvalue weighted by Crippen LogP contribution is -2.49. The molecule has 1 aromatic heterocycles. The maximum atomic E-state index is 10.9. The maximum absolute atomic E-state index is 10.9. The standard InChI is InChI=1S/C22H25N3O6/c1-11-5-6-17(25-24-11)23-18-13(9-14(26)19-21(18)31-22(2,3)30-19)12-7-15(27-4)20-16(8-12)28-10-29-20/h5-9,14,18-19,21,26H,10H2,1-4H3,(H,23,25)/t14-,18+,19+,21-/m0/s1. The molecule has 4 atom stereocenters. The van der Waals surface area contributed by atoms with Crippen molar-refractivity contribution in [2.45, 2.75) is 50.9 Å². The van der Waals surface area contributed by atoms with Gasteiger partial charge in [-0.1, -0.05) is 0 Å². The molecule has 9 heteroatoms. The third-order valence-electron chi connectivity index (χ3n) is 5.61. The van der Waals surface area contributed by atoms with E-state index in [0.717, 1.165) is 16.8 Å². The largest absolute Gasteiger partial charge is 0.493 e. The first-order chi connectivity index (χ1) is 14.8. The minimum absolute atomic E-state index is 0.132. The Morgan fingerprint density at radius 2 is 1.94 bits per heavy atom. The quantitative estimate of drug-likeness (QED) is 0.760. The molecule has 0 radical (unpaired) electrons. The highest BCUT2D eigenvalue weighted by Crippen LogP contribution is 2.46. The molecule has 164 valence electrons. The molecule has 1 aliphatic carbocycles. The van der Waals surface area contributed by atoms with Crippen molar-refractivity contribution in [3.8, 4) is 17.2 Å². The van der Waals surface area contributed by atoms with Crippen molar-refractivity contribution in [2.24, 2.45) is 0 Å². The van der Waals surface area contributed by atoms with Gasteiger partial charge in [-0.15, -0.1) is 5.10 Å². The second-order valence-corrected chi connectivity index (χ2v) is 8.27. The molecule has 3 heterocycles. The molecule has 0 saturated carbocycles. The lowest BCUT2D eigenvalue weighted by atomic mass is 9.83. The van der Waals surface area contributed by atoms with Gasteiger partial charge in [0.25, 0.3) is 0 Å². The lowest BCUT2D eigenvalue weighted by molar-refractivity contribution is -0.152. The number of aliphatic hydroxyl groups is 1. The summed E-state index contributed by atoms with van der Waals surface area (Å²) < 4.78 is 28.8. The molecule has 1 aromatic carbocycles. The molecule has 5 rings (SSSR count). The summed E-state index contributed by atoms with van der Waals surface area (Å²) in [5, 5.41) is 22.7. The van der Waals surface area contributed by atoms with Gasteiger partial charge < -0.3 is 34.1 Å². The van der Waals surface area contributed by atoms with Crippen LogP contribution in [0, 0.1) is 6.92 Å². The van der Waals surface area contributed by atoms with Gasteiger partial charge in [-0.05, 0) is 62.2 Å². The number of benzene rings is 1. The summed E-state index contributed by atoms with van der Waals surface area (Å²) in [5.74, 6) is 1.48. The number of aryl methyl sites for hydroxylation is 1. The van der Waals surface area contributed by atoms with Crippen LogP contribution in [-0.2, 0) is 9.47 Å². The topological polar surface area (TPSA) is 104 Å². The van der Waals surface area contributed by atoms with Gasteiger partial charge in [0.15, 0.2) is 17.3 Å². The van der Waals surface area contributed by atoms with E-state index in [-0.39, 0.29) is 12.8 Å². The smallest absolute Gasteiger partial charge is 0.231 e. The van der Waals surface area contributed by atoms with Crippen LogP contribution in [0.3, 0.4) is 0 Å². The first-order valence-electron chi connectivity index (χ1n) is 10.1. The number of hydrogen-bond donors (Lipinski definition) is 2. The molecule has 3 aliphatic rings. The zero-order valence-electron chi connectivity index (χ0n) is 17.8. The van der Waals surface area contributed by atoms with E-state index in [4.69, 9.17) is 23.7 Å². The maximum Gasteiger partial charge on any atom is 0.231 e. The fraction of sp³-hybridized carbons (Fsp3) is 0.455. The van der Waals surface area contributed by atoms with Crippen LogP contribution in [0.25, 0.3) is 5.57 Å². The second-order valence-electron chi connectivity index (χ2n) is 8.27. The highest BCUT2D eigenvalue weighted by molar-refractivity contribution is 5.78. The number of nitrogens with one attached hydrogen (secondary N) is 1. The number of aliphatic hydroxyl groups excluding tert-OH is 1. The number of anilines is 1. The summed E-state index contributed by atoms with van der Waals surface area (Å²) in [6.07, 6.45) is -0.0437. The Morgan fingerprint density at radius 3 is 2.68 bits per heavy atom. The molecule has 2 N–H and O–H groups in total. The van der Waals surface area contributed by atoms with Gasteiger partial charge in [0.2, 0.25) is 12.5 Å². The third kappa shape index (κ3) is 3.58. The lowest BCUT2D eigenvalue weighted by Gasteiger charge is -2.35. The van der Waals surface area contributed by atoms with Crippen molar-refractivity contribution >= 4 is 11.4 Å². The molecule has 0 amide bonds. The van der Waals surface area contributed by atoms with E-state index in [1.54, 1.807) is 13.2 Å². The molecule has 2 aliphatic heterocycles. The molecular weight excluding hydrogens is 402 g/mol. The molecule has 2 aromatic rings. The van der Waals surface area contributed by atoms with Crippen molar-refractivity contribution in [2.75, 3.05) is 19.2 Å². The van der Waals surface area contributed by atoms with Gasteiger partial charge in [0.1, 0.15) is 24.1 Å². The van der Waals surface area contributed by atoms with Gasteiger partial charge >= 0.3 is 0 Å². The molecule has 31 heavy (non-hydrogen) atoms. The van der Waals surface area contributed by atoms with Crippen LogP contribution in [0.1, 0.15) is 25.1 Å². The van der Waals surface area contributed by atoms with E-state index in [0.29, 0.717) is 23.1 Å². The fourth-order valence-corrected chi connectivity index (χ4v) is 4.27. The Hall–Kier alpha value is -2.88. The predicted octanol–water partition coefficient (Wildman–Crippen LogP) is 2.28. The Kier molecular flexibility index (Phi) is 4.76. The molecule has 0 unspecified atom stereocenters. The van der Waals surface area contributed by atoms with Crippen molar-refractivity contribution < 1.29 is 28.8 Å². The highest BCUT2D eigenvalue weighted by atomic mass is 16.8. The fourth-order valence-electron chi connectivity index (χ4n) is 4.27. The van der Waals surface area contributed by atoms with Gasteiger partial charge in [0.05, 0.1) is 18.8 Å². The number of nitrogens with zero attached hydrogens (tertiary/aromatic N) is 2. The number of hydrogen-bond acceptors (Lipinski definition) is 9. The van der Waals surface area contributed by atoms with E-state index in [9.17, 15) is 5.11 Å². The molecule has 1 saturated heterocycles. The molecule has 1 fully saturated rings. The average Bonchev–Trinajstić information content (AvgIpc) is 3.34. The van der Waals surface area contributed by atoms with Crippen LogP contribution in [-0.4, -0.2) is 59.3 Å². The van der Waals surface area contributed by atoms with Crippen LogP contribution < -0.4 is 19.5 Å². The Morgan fingerprint density at radius 1 is 1.13 bits per heavy atom. The van der Waals surface area contributed by atoms with Crippen molar-refractivity contribution in [3.63, 3.8) is 0 Å². The van der Waals surface area contributed by atoms with Crippen LogP contribution in [0.15, 0.2) is 30.3 Å².